The Balaban J connectivity index is 1.97. The van der Waals surface area contributed by atoms with Crippen molar-refractivity contribution in [1.82, 2.24) is 29.3 Å². The molecule has 0 saturated heterocycles. The number of carbonyl (C=O) groups is 2. The van der Waals surface area contributed by atoms with E-state index in [1.165, 1.54) is 9.47 Å². The Hall–Kier alpha value is -3.78. The van der Waals surface area contributed by atoms with Crippen LogP contribution in [0.15, 0.2) is 40.3 Å². The Morgan fingerprint density at radius 2 is 1.92 bits per heavy atom. The lowest BCUT2D eigenvalue weighted by atomic mass is 10.2. The number of nitrogens with zero attached hydrogens (tertiary/aromatic N) is 5. The first-order chi connectivity index (χ1) is 17.6. The average Bonchev–Trinajstić information content (AvgIpc) is 3.14. The van der Waals surface area contributed by atoms with E-state index in [1.54, 1.807) is 20.9 Å². The molecule has 1 amide bonds. The van der Waals surface area contributed by atoms with Crippen LogP contribution in [-0.4, -0.2) is 79.3 Å². The average molecular weight is 533 g/mol. The summed E-state index contributed by atoms with van der Waals surface area (Å²) in [5, 5.41) is 2.64. The first kappa shape index (κ1) is 27.8. The van der Waals surface area contributed by atoms with Crippen molar-refractivity contribution >= 4 is 38.7 Å². The molecule has 37 heavy (non-hydrogen) atoms. The standard InChI is InChI=1S/C23H32N8O5S/c1-4-13-37(25,35)21-27-19(24)18-20(28-21)30(15-16-9-7-6-8-10-16)22(33)31(18)17(32)14-26-11-12-29(3)23(34)36-5-2/h6-10,25-26H,4-5,11-15H2,1-3H3,(H2,24,27,28). The summed E-state index contributed by atoms with van der Waals surface area (Å²) < 4.78 is 28.2. The van der Waals surface area contributed by atoms with Crippen molar-refractivity contribution in [2.45, 2.75) is 32.0 Å². The van der Waals surface area contributed by atoms with Gasteiger partial charge in [0.25, 0.3) is 0 Å². The topological polar surface area (TPSA) is 178 Å². The van der Waals surface area contributed by atoms with Crippen molar-refractivity contribution < 1.29 is 18.5 Å². The quantitative estimate of drug-likeness (QED) is 0.243. The minimum Gasteiger partial charge on any atom is -0.450 e. The third-order valence-corrected chi connectivity index (χ3v) is 7.23. The molecule has 3 rings (SSSR count). The van der Waals surface area contributed by atoms with Crippen LogP contribution < -0.4 is 16.7 Å². The summed E-state index contributed by atoms with van der Waals surface area (Å²) in [5.74, 6) is -0.788. The van der Waals surface area contributed by atoms with Gasteiger partial charge in [0, 0.05) is 25.9 Å². The maximum atomic E-state index is 13.4. The van der Waals surface area contributed by atoms with Gasteiger partial charge in [0.2, 0.25) is 11.1 Å². The number of nitrogens with one attached hydrogen (secondary N) is 2. The van der Waals surface area contributed by atoms with Crippen LogP contribution in [0.3, 0.4) is 0 Å². The SMILES string of the molecule is CCCS(=N)(=O)c1nc(N)c2c(n1)n(Cc1ccccc1)c(=O)n2C(=O)CNCCN(C)C(=O)OCC. The third-order valence-electron chi connectivity index (χ3n) is 5.47. The normalized spacial score (nSPS) is 12.8. The predicted molar refractivity (Wildman–Crippen MR) is 139 cm³/mol. The van der Waals surface area contributed by atoms with E-state index in [1.807, 2.05) is 30.3 Å². The van der Waals surface area contributed by atoms with E-state index in [-0.39, 0.29) is 60.7 Å². The van der Waals surface area contributed by atoms with Crippen molar-refractivity contribution in [3.05, 3.63) is 46.4 Å². The maximum Gasteiger partial charge on any atom is 0.409 e. The number of amides is 1. The summed E-state index contributed by atoms with van der Waals surface area (Å²) in [7, 11) is -1.77. The summed E-state index contributed by atoms with van der Waals surface area (Å²) in [5.41, 5.74) is 6.27. The zero-order valence-electron chi connectivity index (χ0n) is 21.1. The van der Waals surface area contributed by atoms with Crippen LogP contribution in [0.4, 0.5) is 10.6 Å². The van der Waals surface area contributed by atoms with E-state index in [0.717, 1.165) is 10.1 Å². The fourth-order valence-corrected chi connectivity index (χ4v) is 4.90. The molecule has 0 fully saturated rings. The van der Waals surface area contributed by atoms with Gasteiger partial charge in [0.15, 0.2) is 11.5 Å². The number of aromatic nitrogens is 4. The Morgan fingerprint density at radius 1 is 1.22 bits per heavy atom. The van der Waals surface area contributed by atoms with Crippen LogP contribution in [0.1, 0.15) is 30.6 Å². The van der Waals surface area contributed by atoms with Crippen molar-refractivity contribution in [1.29, 1.82) is 4.78 Å². The van der Waals surface area contributed by atoms with Crippen LogP contribution in [0, 0.1) is 4.78 Å². The molecule has 0 saturated carbocycles. The highest BCUT2D eigenvalue weighted by Gasteiger charge is 2.25. The van der Waals surface area contributed by atoms with Crippen LogP contribution in [0.5, 0.6) is 0 Å². The molecule has 0 bridgehead atoms. The zero-order valence-corrected chi connectivity index (χ0v) is 21.9. The number of carbonyl (C=O) groups excluding carboxylic acids is 2. The monoisotopic (exact) mass is 532 g/mol. The van der Waals surface area contributed by atoms with E-state index >= 15 is 0 Å². The number of imidazole rings is 1. The fraction of sp³-hybridized carbons (Fsp3) is 0.435. The van der Waals surface area contributed by atoms with Gasteiger partial charge < -0.3 is 20.7 Å². The highest BCUT2D eigenvalue weighted by molar-refractivity contribution is 7.92. The predicted octanol–water partition coefficient (Wildman–Crippen LogP) is 1.36. The molecule has 0 aliphatic rings. The van der Waals surface area contributed by atoms with Crippen molar-refractivity contribution in [2.75, 3.05) is 44.8 Å². The van der Waals surface area contributed by atoms with E-state index in [4.69, 9.17) is 15.3 Å². The Morgan fingerprint density at radius 3 is 2.57 bits per heavy atom. The molecule has 1 atom stereocenters. The van der Waals surface area contributed by atoms with Gasteiger partial charge in [-0.2, -0.15) is 4.98 Å². The summed E-state index contributed by atoms with van der Waals surface area (Å²) in [6.07, 6.45) is -0.0117. The zero-order chi connectivity index (χ0) is 27.2. The number of benzene rings is 1. The van der Waals surface area contributed by atoms with Gasteiger partial charge in [-0.25, -0.2) is 28.1 Å². The Labute approximate surface area is 214 Å². The fourth-order valence-electron chi connectivity index (χ4n) is 3.66. The van der Waals surface area contributed by atoms with Crippen LogP contribution in [0.2, 0.25) is 0 Å². The molecule has 3 aromatic rings. The molecule has 0 spiro atoms. The molecule has 1 unspecified atom stereocenters. The first-order valence-electron chi connectivity index (χ1n) is 11.8. The summed E-state index contributed by atoms with van der Waals surface area (Å²) >= 11 is 0. The van der Waals surface area contributed by atoms with Gasteiger partial charge in [-0.05, 0) is 18.9 Å². The number of hydrogen-bond acceptors (Lipinski definition) is 10. The summed E-state index contributed by atoms with van der Waals surface area (Å²) in [4.78, 5) is 48.0. The van der Waals surface area contributed by atoms with Crippen LogP contribution >= 0.6 is 0 Å². The molecule has 13 nitrogen and oxygen atoms in total. The third kappa shape index (κ3) is 6.32. The lowest BCUT2D eigenvalue weighted by Gasteiger charge is -2.16. The summed E-state index contributed by atoms with van der Waals surface area (Å²) in [6, 6.07) is 9.09. The van der Waals surface area contributed by atoms with Gasteiger partial charge in [0.05, 0.1) is 19.7 Å². The van der Waals surface area contributed by atoms with Crippen molar-refractivity contribution in [3.8, 4) is 0 Å². The van der Waals surface area contributed by atoms with E-state index in [2.05, 4.69) is 15.3 Å². The second-order valence-electron chi connectivity index (χ2n) is 8.32. The van der Waals surface area contributed by atoms with E-state index in [9.17, 15) is 18.6 Å². The highest BCUT2D eigenvalue weighted by Crippen LogP contribution is 2.21. The number of nitrogen functional groups attached to an aromatic ring is 1. The number of likely N-dealkylation sites (N-methyl/N-ethyl adjacent to an activating group) is 1. The van der Waals surface area contributed by atoms with Gasteiger partial charge in [-0.3, -0.25) is 9.36 Å². The minimum absolute atomic E-state index is 0.00757. The molecule has 200 valence electrons. The molecule has 2 aromatic heterocycles. The molecular formula is C23H32N8O5S. The van der Waals surface area contributed by atoms with Crippen molar-refractivity contribution in [3.63, 3.8) is 0 Å². The number of ether oxygens (including phenoxy) is 1. The number of anilines is 1. The summed E-state index contributed by atoms with van der Waals surface area (Å²) in [6.45, 7) is 4.15. The van der Waals surface area contributed by atoms with Gasteiger partial charge in [-0.15, -0.1) is 0 Å². The van der Waals surface area contributed by atoms with Crippen molar-refractivity contribution in [2.24, 2.45) is 0 Å². The molecule has 0 aliphatic heterocycles. The van der Waals surface area contributed by atoms with Crippen LogP contribution in [0.25, 0.3) is 11.2 Å². The number of hydrogen-bond donors (Lipinski definition) is 3. The molecule has 2 heterocycles. The Bertz CT molecular complexity index is 1430. The molecule has 1 aromatic carbocycles. The number of fused-ring (bicyclic) bond motifs is 1. The number of rotatable bonds is 11. The second-order valence-corrected chi connectivity index (χ2v) is 10.4. The molecule has 14 heteroatoms. The lowest BCUT2D eigenvalue weighted by molar-refractivity contribution is 0.0911. The smallest absolute Gasteiger partial charge is 0.409 e. The van der Waals surface area contributed by atoms with Crippen LogP contribution in [-0.2, 0) is 21.0 Å². The second kappa shape index (κ2) is 12.0. The van der Waals surface area contributed by atoms with Gasteiger partial charge >= 0.3 is 11.8 Å². The largest absolute Gasteiger partial charge is 0.450 e. The molecule has 0 aliphatic carbocycles. The molecule has 4 N–H and O–H groups in total. The maximum absolute atomic E-state index is 13.4. The molecular weight excluding hydrogens is 500 g/mol. The van der Waals surface area contributed by atoms with E-state index in [0.29, 0.717) is 6.42 Å². The Kier molecular flexibility index (Phi) is 8.99. The minimum atomic E-state index is -3.34. The molecule has 0 radical (unpaired) electrons. The first-order valence-corrected chi connectivity index (χ1v) is 13.5. The lowest BCUT2D eigenvalue weighted by Crippen LogP contribution is -2.39. The van der Waals surface area contributed by atoms with E-state index < -0.39 is 27.4 Å². The highest BCUT2D eigenvalue weighted by atomic mass is 32.2. The van der Waals surface area contributed by atoms with Gasteiger partial charge in [0.1, 0.15) is 15.2 Å². The van der Waals surface area contributed by atoms with Gasteiger partial charge in [-0.1, -0.05) is 37.3 Å². The number of nitrogens with two attached hydrogens (primary N) is 1.